The lowest BCUT2D eigenvalue weighted by Crippen LogP contribution is -2.20. The highest BCUT2D eigenvalue weighted by Crippen LogP contribution is 2.22. The van der Waals surface area contributed by atoms with Gasteiger partial charge in [-0.2, -0.15) is 0 Å². The Morgan fingerprint density at radius 1 is 1.39 bits per heavy atom. The zero-order valence-electron chi connectivity index (χ0n) is 11.2. The summed E-state index contributed by atoms with van der Waals surface area (Å²) in [6, 6.07) is 5.47. The number of hydrogen-bond acceptors (Lipinski definition) is 3. The summed E-state index contributed by atoms with van der Waals surface area (Å²) in [5.41, 5.74) is 2.36. The van der Waals surface area contributed by atoms with Crippen LogP contribution in [0.2, 0.25) is 0 Å². The highest BCUT2D eigenvalue weighted by molar-refractivity contribution is 5.93. The maximum atomic E-state index is 11.6. The Hall–Kier alpha value is -1.84. The van der Waals surface area contributed by atoms with Gasteiger partial charge in [0.05, 0.1) is 29.5 Å². The number of rotatable bonds is 2. The average Bonchev–Trinajstić information content (AvgIpc) is 2.71. The third-order valence-corrected chi connectivity index (χ3v) is 2.78. The van der Waals surface area contributed by atoms with E-state index in [4.69, 9.17) is 4.74 Å². The average molecular weight is 246 g/mol. The van der Waals surface area contributed by atoms with Crippen LogP contribution in [0.4, 0.5) is 0 Å². The van der Waals surface area contributed by atoms with Crippen LogP contribution < -0.4 is 0 Å². The first kappa shape index (κ1) is 12.6. The van der Waals surface area contributed by atoms with E-state index in [1.54, 1.807) is 25.4 Å². The molecule has 2 aromatic rings. The fraction of sp³-hybridized carbons (Fsp3) is 0.429. The largest absolute Gasteiger partial charge is 0.462 e. The minimum Gasteiger partial charge on any atom is -0.462 e. The molecule has 0 saturated heterocycles. The third kappa shape index (κ3) is 2.23. The van der Waals surface area contributed by atoms with Gasteiger partial charge >= 0.3 is 5.97 Å². The lowest BCUT2D eigenvalue weighted by molar-refractivity contribution is 0.0526. The van der Waals surface area contributed by atoms with Crippen LogP contribution in [0.1, 0.15) is 38.1 Å². The molecule has 0 N–H and O–H groups in total. The van der Waals surface area contributed by atoms with Gasteiger partial charge in [0, 0.05) is 5.54 Å². The molecule has 18 heavy (non-hydrogen) atoms. The number of carbonyl (C=O) groups is 1. The SMILES string of the molecule is CCOC(=O)c1ccc2c(c1)ncn2C(C)(C)C. The number of hydrogen-bond donors (Lipinski definition) is 0. The molecule has 0 aliphatic rings. The smallest absolute Gasteiger partial charge is 0.338 e. The van der Waals surface area contributed by atoms with E-state index >= 15 is 0 Å². The zero-order valence-corrected chi connectivity index (χ0v) is 11.2. The van der Waals surface area contributed by atoms with Gasteiger partial charge in [-0.1, -0.05) is 0 Å². The van der Waals surface area contributed by atoms with Crippen LogP contribution in [0, 0.1) is 0 Å². The van der Waals surface area contributed by atoms with Crippen LogP contribution >= 0.6 is 0 Å². The predicted molar refractivity (Wildman–Crippen MR) is 70.7 cm³/mol. The number of ether oxygens (including phenoxy) is 1. The van der Waals surface area contributed by atoms with Crippen molar-refractivity contribution < 1.29 is 9.53 Å². The first-order valence-corrected chi connectivity index (χ1v) is 6.08. The van der Waals surface area contributed by atoms with Crippen molar-refractivity contribution in [2.24, 2.45) is 0 Å². The summed E-state index contributed by atoms with van der Waals surface area (Å²) in [6.07, 6.45) is 1.81. The number of nitrogens with zero attached hydrogens (tertiary/aromatic N) is 2. The summed E-state index contributed by atoms with van der Waals surface area (Å²) < 4.78 is 7.07. The van der Waals surface area contributed by atoms with E-state index in [2.05, 4.69) is 30.3 Å². The summed E-state index contributed by atoms with van der Waals surface area (Å²) in [7, 11) is 0. The Morgan fingerprint density at radius 2 is 2.11 bits per heavy atom. The molecule has 0 amide bonds. The summed E-state index contributed by atoms with van der Waals surface area (Å²) in [6.45, 7) is 8.53. The van der Waals surface area contributed by atoms with Crippen molar-refractivity contribution in [3.05, 3.63) is 30.1 Å². The molecule has 1 aromatic heterocycles. The van der Waals surface area contributed by atoms with E-state index in [-0.39, 0.29) is 11.5 Å². The van der Waals surface area contributed by atoms with Gasteiger partial charge in [-0.25, -0.2) is 9.78 Å². The topological polar surface area (TPSA) is 44.1 Å². The van der Waals surface area contributed by atoms with Gasteiger partial charge in [0.1, 0.15) is 0 Å². The summed E-state index contributed by atoms with van der Waals surface area (Å²) in [5, 5.41) is 0. The van der Waals surface area contributed by atoms with Crippen LogP contribution in [0.15, 0.2) is 24.5 Å². The maximum Gasteiger partial charge on any atom is 0.338 e. The Bertz CT molecular complexity index is 579. The van der Waals surface area contributed by atoms with Crippen LogP contribution in [0.3, 0.4) is 0 Å². The molecular formula is C14H18N2O2. The number of esters is 1. The third-order valence-electron chi connectivity index (χ3n) is 2.78. The molecule has 2 rings (SSSR count). The lowest BCUT2D eigenvalue weighted by Gasteiger charge is -2.21. The Kier molecular flexibility index (Phi) is 3.11. The fourth-order valence-electron chi connectivity index (χ4n) is 1.89. The highest BCUT2D eigenvalue weighted by Gasteiger charge is 2.17. The van der Waals surface area contributed by atoms with Crippen LogP contribution in [0.25, 0.3) is 11.0 Å². The first-order chi connectivity index (χ1) is 8.43. The second-order valence-corrected chi connectivity index (χ2v) is 5.21. The van der Waals surface area contributed by atoms with Crippen molar-refractivity contribution in [3.8, 4) is 0 Å². The molecule has 0 bridgehead atoms. The van der Waals surface area contributed by atoms with Crippen molar-refractivity contribution in [1.82, 2.24) is 9.55 Å². The number of benzene rings is 1. The molecule has 0 fully saturated rings. The Balaban J connectivity index is 2.46. The first-order valence-electron chi connectivity index (χ1n) is 6.08. The molecule has 4 nitrogen and oxygen atoms in total. The van der Waals surface area contributed by atoms with E-state index in [0.29, 0.717) is 12.2 Å². The van der Waals surface area contributed by atoms with Gasteiger partial charge in [0.25, 0.3) is 0 Å². The van der Waals surface area contributed by atoms with E-state index in [0.717, 1.165) is 11.0 Å². The summed E-state index contributed by atoms with van der Waals surface area (Å²) >= 11 is 0. The normalized spacial score (nSPS) is 11.8. The number of imidazole rings is 1. The quantitative estimate of drug-likeness (QED) is 0.765. The molecule has 4 heteroatoms. The maximum absolute atomic E-state index is 11.6. The Labute approximate surface area is 107 Å². The van der Waals surface area contributed by atoms with Crippen molar-refractivity contribution in [3.63, 3.8) is 0 Å². The second-order valence-electron chi connectivity index (χ2n) is 5.21. The minimum atomic E-state index is -0.301. The van der Waals surface area contributed by atoms with Gasteiger partial charge in [0.2, 0.25) is 0 Å². The van der Waals surface area contributed by atoms with E-state index in [1.165, 1.54) is 0 Å². The molecule has 1 heterocycles. The van der Waals surface area contributed by atoms with Crippen molar-refractivity contribution in [2.75, 3.05) is 6.61 Å². The van der Waals surface area contributed by atoms with Gasteiger partial charge in [-0.15, -0.1) is 0 Å². The van der Waals surface area contributed by atoms with Gasteiger partial charge in [-0.05, 0) is 45.9 Å². The van der Waals surface area contributed by atoms with Gasteiger partial charge < -0.3 is 9.30 Å². The zero-order chi connectivity index (χ0) is 13.3. The second kappa shape index (κ2) is 4.44. The summed E-state index contributed by atoms with van der Waals surface area (Å²) in [5.74, 6) is -0.301. The molecule has 0 radical (unpaired) electrons. The Morgan fingerprint density at radius 3 is 2.72 bits per heavy atom. The van der Waals surface area contributed by atoms with Gasteiger partial charge in [0.15, 0.2) is 0 Å². The molecule has 96 valence electrons. The fourth-order valence-corrected chi connectivity index (χ4v) is 1.89. The van der Waals surface area contributed by atoms with Crippen LogP contribution in [-0.4, -0.2) is 22.1 Å². The highest BCUT2D eigenvalue weighted by atomic mass is 16.5. The molecule has 0 aliphatic heterocycles. The van der Waals surface area contributed by atoms with Crippen LogP contribution in [0.5, 0.6) is 0 Å². The van der Waals surface area contributed by atoms with E-state index in [9.17, 15) is 4.79 Å². The van der Waals surface area contributed by atoms with Crippen molar-refractivity contribution in [2.45, 2.75) is 33.2 Å². The van der Waals surface area contributed by atoms with Gasteiger partial charge in [-0.3, -0.25) is 0 Å². The summed E-state index contributed by atoms with van der Waals surface area (Å²) in [4.78, 5) is 16.0. The number of fused-ring (bicyclic) bond motifs is 1. The predicted octanol–water partition coefficient (Wildman–Crippen LogP) is 2.97. The molecule has 0 spiro atoms. The van der Waals surface area contributed by atoms with E-state index in [1.807, 2.05) is 6.07 Å². The lowest BCUT2D eigenvalue weighted by atomic mass is 10.1. The minimum absolute atomic E-state index is 0.0276. The molecule has 1 aromatic carbocycles. The molecule has 0 unspecified atom stereocenters. The number of carbonyl (C=O) groups excluding carboxylic acids is 1. The molecule has 0 saturated carbocycles. The number of aromatic nitrogens is 2. The monoisotopic (exact) mass is 246 g/mol. The van der Waals surface area contributed by atoms with Crippen molar-refractivity contribution >= 4 is 17.0 Å². The standard InChI is InChI=1S/C14H18N2O2/c1-5-18-13(17)10-6-7-12-11(8-10)15-9-16(12)14(2,3)4/h6-9H,5H2,1-4H3. The van der Waals surface area contributed by atoms with Crippen LogP contribution in [-0.2, 0) is 10.3 Å². The molecule has 0 aliphatic carbocycles. The molecular weight excluding hydrogens is 228 g/mol. The van der Waals surface area contributed by atoms with E-state index < -0.39 is 0 Å². The van der Waals surface area contributed by atoms with Crippen molar-refractivity contribution in [1.29, 1.82) is 0 Å². The molecule has 0 atom stereocenters.